The van der Waals surface area contributed by atoms with Gasteiger partial charge in [-0.3, -0.25) is 10.1 Å². The quantitative estimate of drug-likeness (QED) is 0.297. The third-order valence-corrected chi connectivity index (χ3v) is 4.86. The molecule has 2 amide bonds. The molecule has 2 aromatic carbocycles. The molecule has 0 bridgehead atoms. The van der Waals surface area contributed by atoms with Gasteiger partial charge in [-0.25, -0.2) is 14.8 Å². The smallest absolute Gasteiger partial charge is 0.321 e. The van der Waals surface area contributed by atoms with E-state index in [-0.39, 0.29) is 6.03 Å². The summed E-state index contributed by atoms with van der Waals surface area (Å²) in [7, 11) is 1.54. The average Bonchev–Trinajstić information content (AvgIpc) is 2.84. The van der Waals surface area contributed by atoms with E-state index in [0.717, 1.165) is 11.8 Å². The van der Waals surface area contributed by atoms with Gasteiger partial charge in [0.1, 0.15) is 12.0 Å². The number of amides is 2. The number of carbonyl (C=O) groups excluding carboxylic acids is 2. The maximum atomic E-state index is 12.0. The van der Waals surface area contributed by atoms with Crippen LogP contribution in [0.25, 0.3) is 0 Å². The van der Waals surface area contributed by atoms with E-state index in [1.807, 2.05) is 36.1 Å². The second-order valence-electron chi connectivity index (χ2n) is 6.92. The van der Waals surface area contributed by atoms with Crippen LogP contribution in [-0.4, -0.2) is 41.8 Å². The number of aliphatic imine (C=N–C) groups is 1. The molecule has 0 radical (unpaired) electrons. The summed E-state index contributed by atoms with van der Waals surface area (Å²) in [5.74, 6) is 1.26. The summed E-state index contributed by atoms with van der Waals surface area (Å²) >= 11 is 5.99. The van der Waals surface area contributed by atoms with Crippen LogP contribution in [0.4, 0.5) is 10.5 Å². The van der Waals surface area contributed by atoms with E-state index in [1.165, 1.54) is 6.20 Å². The predicted molar refractivity (Wildman–Crippen MR) is 128 cm³/mol. The van der Waals surface area contributed by atoms with Gasteiger partial charge in [0.05, 0.1) is 5.69 Å². The van der Waals surface area contributed by atoms with Gasteiger partial charge in [0.15, 0.2) is 0 Å². The van der Waals surface area contributed by atoms with Crippen LogP contribution in [0.1, 0.15) is 22.8 Å². The molecule has 9 heteroatoms. The Morgan fingerprint density at radius 3 is 2.52 bits per heavy atom. The lowest BCUT2D eigenvalue weighted by atomic mass is 10.2. The minimum Gasteiger partial charge on any atom is -0.439 e. The predicted octanol–water partition coefficient (Wildman–Crippen LogP) is 4.78. The molecule has 1 heterocycles. The molecule has 2 N–H and O–H groups in total. The lowest BCUT2D eigenvalue weighted by Gasteiger charge is -2.25. The lowest BCUT2D eigenvalue weighted by molar-refractivity contribution is 0.112. The highest BCUT2D eigenvalue weighted by Gasteiger charge is 2.14. The SMILES string of the molecule is CCN(Cc1ccc(Cl)cc1)C(=Nc1ccc(Oc2cc(C=O)ccn2)cc1)NC(=O)NC. The topological polar surface area (TPSA) is 95.9 Å². The number of aromatic nitrogens is 1. The summed E-state index contributed by atoms with van der Waals surface area (Å²) in [4.78, 5) is 33.6. The standard InChI is InChI=1S/C24H24ClN5O3/c1-3-30(15-17-4-6-19(25)7-5-17)23(29-24(32)26-2)28-20-8-10-21(11-9-20)33-22-14-18(16-31)12-13-27-22/h4-14,16H,3,15H2,1-2H3,(H2,26,28,29,32). The third-order valence-electron chi connectivity index (χ3n) is 4.61. The summed E-state index contributed by atoms with van der Waals surface area (Å²) < 4.78 is 5.70. The number of carbonyl (C=O) groups is 2. The van der Waals surface area contributed by atoms with Gasteiger partial charge in [-0.05, 0) is 55.0 Å². The average molecular weight is 466 g/mol. The van der Waals surface area contributed by atoms with E-state index in [1.54, 1.807) is 43.4 Å². The Kier molecular flexibility index (Phi) is 8.37. The second-order valence-corrected chi connectivity index (χ2v) is 7.36. The maximum absolute atomic E-state index is 12.0. The molecule has 0 unspecified atom stereocenters. The first-order chi connectivity index (χ1) is 16.0. The largest absolute Gasteiger partial charge is 0.439 e. The molecule has 0 saturated carbocycles. The number of ether oxygens (including phenoxy) is 1. The number of aldehydes is 1. The van der Waals surface area contributed by atoms with Crippen molar-refractivity contribution in [3.63, 3.8) is 0 Å². The summed E-state index contributed by atoms with van der Waals surface area (Å²) in [6.45, 7) is 3.14. The molecule has 3 rings (SSSR count). The Hall–Kier alpha value is -3.91. The van der Waals surface area contributed by atoms with Gasteiger partial charge < -0.3 is 15.0 Å². The Morgan fingerprint density at radius 2 is 1.88 bits per heavy atom. The van der Waals surface area contributed by atoms with Gasteiger partial charge in [-0.15, -0.1) is 0 Å². The second kappa shape index (κ2) is 11.6. The van der Waals surface area contributed by atoms with Crippen molar-refractivity contribution in [2.45, 2.75) is 13.5 Å². The molecular weight excluding hydrogens is 442 g/mol. The summed E-state index contributed by atoms with van der Waals surface area (Å²) in [5, 5.41) is 6.00. The van der Waals surface area contributed by atoms with Crippen molar-refractivity contribution in [2.75, 3.05) is 13.6 Å². The number of hydrogen-bond acceptors (Lipinski definition) is 5. The number of urea groups is 1. The molecular formula is C24H24ClN5O3. The monoisotopic (exact) mass is 465 g/mol. The Balaban J connectivity index is 1.81. The summed E-state index contributed by atoms with van der Waals surface area (Å²) in [5.41, 5.74) is 2.13. The summed E-state index contributed by atoms with van der Waals surface area (Å²) in [6, 6.07) is 17.3. The van der Waals surface area contributed by atoms with Crippen LogP contribution in [0, 0.1) is 0 Å². The molecule has 0 atom stereocenters. The molecule has 0 aliphatic rings. The van der Waals surface area contributed by atoms with E-state index in [0.29, 0.717) is 47.0 Å². The molecule has 0 spiro atoms. The van der Waals surface area contributed by atoms with Gasteiger partial charge in [-0.2, -0.15) is 0 Å². The number of hydrogen-bond donors (Lipinski definition) is 2. The van der Waals surface area contributed by atoms with Crippen LogP contribution in [0.5, 0.6) is 11.6 Å². The van der Waals surface area contributed by atoms with Crippen molar-refractivity contribution in [3.05, 3.63) is 83.0 Å². The van der Waals surface area contributed by atoms with Crippen LogP contribution in [-0.2, 0) is 6.54 Å². The zero-order valence-corrected chi connectivity index (χ0v) is 19.0. The first-order valence-electron chi connectivity index (χ1n) is 10.3. The van der Waals surface area contributed by atoms with Crippen molar-refractivity contribution in [3.8, 4) is 11.6 Å². The van der Waals surface area contributed by atoms with Crippen molar-refractivity contribution < 1.29 is 14.3 Å². The third kappa shape index (κ3) is 7.05. The minimum absolute atomic E-state index is 0.318. The van der Waals surface area contributed by atoms with Crippen LogP contribution in [0.2, 0.25) is 5.02 Å². The highest BCUT2D eigenvalue weighted by atomic mass is 35.5. The molecule has 170 valence electrons. The number of benzene rings is 2. The normalized spacial score (nSPS) is 10.9. The highest BCUT2D eigenvalue weighted by molar-refractivity contribution is 6.30. The van der Waals surface area contributed by atoms with Crippen molar-refractivity contribution in [1.82, 2.24) is 20.5 Å². The fraction of sp³-hybridized carbons (Fsp3) is 0.167. The fourth-order valence-electron chi connectivity index (χ4n) is 2.87. The van der Waals surface area contributed by atoms with Crippen LogP contribution >= 0.6 is 11.6 Å². The molecule has 0 aliphatic heterocycles. The Labute approximate surface area is 197 Å². The Bertz CT molecular complexity index is 1120. The maximum Gasteiger partial charge on any atom is 0.321 e. The van der Waals surface area contributed by atoms with Gasteiger partial charge in [0.2, 0.25) is 11.8 Å². The van der Waals surface area contributed by atoms with Crippen LogP contribution in [0.3, 0.4) is 0 Å². The van der Waals surface area contributed by atoms with Gasteiger partial charge in [0.25, 0.3) is 0 Å². The first kappa shape index (κ1) is 23.7. The lowest BCUT2D eigenvalue weighted by Crippen LogP contribution is -2.46. The molecule has 33 heavy (non-hydrogen) atoms. The molecule has 0 fully saturated rings. The summed E-state index contributed by atoms with van der Waals surface area (Å²) in [6.07, 6.45) is 2.24. The fourth-order valence-corrected chi connectivity index (χ4v) is 3.00. The Morgan fingerprint density at radius 1 is 1.15 bits per heavy atom. The van der Waals surface area contributed by atoms with Crippen molar-refractivity contribution >= 4 is 35.6 Å². The number of nitrogens with one attached hydrogen (secondary N) is 2. The molecule has 3 aromatic rings. The molecule has 0 aliphatic carbocycles. The number of pyridine rings is 1. The van der Waals surface area contributed by atoms with E-state index < -0.39 is 0 Å². The van der Waals surface area contributed by atoms with Crippen LogP contribution in [0.15, 0.2) is 71.9 Å². The van der Waals surface area contributed by atoms with Crippen molar-refractivity contribution in [2.24, 2.45) is 4.99 Å². The molecule has 8 nitrogen and oxygen atoms in total. The zero-order chi connectivity index (χ0) is 23.6. The van der Waals surface area contributed by atoms with Gasteiger partial charge >= 0.3 is 6.03 Å². The van der Waals surface area contributed by atoms with Crippen molar-refractivity contribution in [1.29, 1.82) is 0 Å². The number of guanidine groups is 1. The van der Waals surface area contributed by atoms with E-state index in [4.69, 9.17) is 16.3 Å². The van der Waals surface area contributed by atoms with Gasteiger partial charge in [-0.1, -0.05) is 23.7 Å². The first-order valence-corrected chi connectivity index (χ1v) is 10.6. The van der Waals surface area contributed by atoms with E-state index in [9.17, 15) is 9.59 Å². The number of halogens is 1. The molecule has 0 saturated heterocycles. The molecule has 1 aromatic heterocycles. The number of nitrogens with zero attached hydrogens (tertiary/aromatic N) is 3. The zero-order valence-electron chi connectivity index (χ0n) is 18.3. The number of rotatable bonds is 7. The highest BCUT2D eigenvalue weighted by Crippen LogP contribution is 2.23. The van der Waals surface area contributed by atoms with E-state index >= 15 is 0 Å². The minimum atomic E-state index is -0.371. The van der Waals surface area contributed by atoms with Gasteiger partial charge in [0, 0.05) is 43.0 Å². The van der Waals surface area contributed by atoms with E-state index in [2.05, 4.69) is 20.6 Å². The van der Waals surface area contributed by atoms with Crippen LogP contribution < -0.4 is 15.4 Å².